The zero-order chi connectivity index (χ0) is 16.1. The van der Waals surface area contributed by atoms with Crippen molar-refractivity contribution in [1.82, 2.24) is 20.5 Å². The number of aryl methyl sites for hydroxylation is 2. The topological polar surface area (TPSA) is 57.3 Å². The van der Waals surface area contributed by atoms with E-state index in [2.05, 4.69) is 48.2 Å². The van der Waals surface area contributed by atoms with Gasteiger partial charge in [-0.05, 0) is 33.6 Å². The van der Waals surface area contributed by atoms with Crippen molar-refractivity contribution in [3.8, 4) is 0 Å². The van der Waals surface area contributed by atoms with Crippen LogP contribution in [0.1, 0.15) is 42.8 Å². The van der Waals surface area contributed by atoms with Gasteiger partial charge >= 0.3 is 6.03 Å². The fraction of sp³-hybridized carbons (Fsp3) is 0.750. The Labute approximate surface area is 137 Å². The van der Waals surface area contributed by atoms with Crippen LogP contribution in [0.5, 0.6) is 0 Å². The third-order valence-electron chi connectivity index (χ3n) is 4.18. The van der Waals surface area contributed by atoms with E-state index < -0.39 is 0 Å². The quantitative estimate of drug-likeness (QED) is 0.844. The smallest absolute Gasteiger partial charge is 0.315 e. The van der Waals surface area contributed by atoms with Crippen molar-refractivity contribution in [3.63, 3.8) is 0 Å². The zero-order valence-electron chi connectivity index (χ0n) is 14.1. The summed E-state index contributed by atoms with van der Waals surface area (Å²) in [6.07, 6.45) is 2.82. The molecule has 0 spiro atoms. The van der Waals surface area contributed by atoms with E-state index in [0.717, 1.165) is 37.4 Å². The molecule has 2 amide bonds. The molecule has 0 radical (unpaired) electrons. The van der Waals surface area contributed by atoms with Gasteiger partial charge in [0.15, 0.2) is 0 Å². The highest BCUT2D eigenvalue weighted by atomic mass is 32.1. The number of rotatable bonds is 6. The second-order valence-electron chi connectivity index (χ2n) is 6.19. The van der Waals surface area contributed by atoms with Gasteiger partial charge in [-0.25, -0.2) is 9.78 Å². The number of carbonyl (C=O) groups excluding carboxylic acids is 1. The van der Waals surface area contributed by atoms with Gasteiger partial charge < -0.3 is 10.6 Å². The summed E-state index contributed by atoms with van der Waals surface area (Å²) in [6.45, 7) is 11.3. The van der Waals surface area contributed by atoms with Crippen molar-refractivity contribution in [2.24, 2.45) is 0 Å². The molecule has 1 unspecified atom stereocenters. The molecule has 2 rings (SSSR count). The van der Waals surface area contributed by atoms with E-state index in [1.807, 2.05) is 0 Å². The maximum absolute atomic E-state index is 11.9. The van der Waals surface area contributed by atoms with Gasteiger partial charge in [0.1, 0.15) is 0 Å². The molecule has 0 aromatic carbocycles. The lowest BCUT2D eigenvalue weighted by atomic mass is 10.3. The van der Waals surface area contributed by atoms with E-state index in [1.54, 1.807) is 11.3 Å². The lowest BCUT2D eigenvalue weighted by Gasteiger charge is -2.20. The van der Waals surface area contributed by atoms with Crippen LogP contribution in [-0.4, -0.2) is 47.6 Å². The molecule has 6 heteroatoms. The summed E-state index contributed by atoms with van der Waals surface area (Å²) in [7, 11) is 0. The number of thiazole rings is 1. The minimum absolute atomic E-state index is 0.0559. The van der Waals surface area contributed by atoms with E-state index in [-0.39, 0.29) is 12.1 Å². The van der Waals surface area contributed by atoms with Gasteiger partial charge in [-0.2, -0.15) is 0 Å². The molecule has 2 N–H and O–H groups in total. The van der Waals surface area contributed by atoms with E-state index in [9.17, 15) is 4.79 Å². The van der Waals surface area contributed by atoms with Crippen molar-refractivity contribution in [3.05, 3.63) is 15.6 Å². The predicted octanol–water partition coefficient (Wildman–Crippen LogP) is 2.34. The second kappa shape index (κ2) is 7.92. The number of hydrogen-bond donors (Lipinski definition) is 2. The fourth-order valence-corrected chi connectivity index (χ4v) is 3.84. The van der Waals surface area contributed by atoms with E-state index >= 15 is 0 Å². The number of nitrogens with zero attached hydrogens (tertiary/aromatic N) is 2. The fourth-order valence-electron chi connectivity index (χ4n) is 2.82. The molecule has 1 atom stereocenters. The summed E-state index contributed by atoms with van der Waals surface area (Å²) in [6, 6.07) is 0.770. The number of likely N-dealkylation sites (tertiary alicyclic amines) is 1. The molecule has 2 heterocycles. The predicted molar refractivity (Wildman–Crippen MR) is 91.6 cm³/mol. The first-order valence-electron chi connectivity index (χ1n) is 8.23. The first-order chi connectivity index (χ1) is 10.5. The lowest BCUT2D eigenvalue weighted by molar-refractivity contribution is 0.233. The van der Waals surface area contributed by atoms with Gasteiger partial charge in [0.05, 0.1) is 10.7 Å². The number of carbonyl (C=O) groups is 1. The lowest BCUT2D eigenvalue weighted by Crippen LogP contribution is -2.44. The van der Waals surface area contributed by atoms with E-state index in [1.165, 1.54) is 10.6 Å². The molecule has 1 aliphatic heterocycles. The molecule has 0 saturated carbocycles. The minimum atomic E-state index is -0.0559. The molecule has 1 aromatic rings. The highest BCUT2D eigenvalue weighted by molar-refractivity contribution is 7.11. The SMILES string of the molecule is CCc1nc(CCNC(=O)NC2CCN(C(C)C)C2)sc1C. The van der Waals surface area contributed by atoms with Crippen molar-refractivity contribution >= 4 is 17.4 Å². The summed E-state index contributed by atoms with van der Waals surface area (Å²) < 4.78 is 0. The van der Waals surface area contributed by atoms with Crippen LogP contribution in [0.15, 0.2) is 0 Å². The Morgan fingerprint density at radius 3 is 2.86 bits per heavy atom. The highest BCUT2D eigenvalue weighted by Gasteiger charge is 2.25. The molecule has 124 valence electrons. The molecule has 1 aromatic heterocycles. The number of amides is 2. The number of hydrogen-bond acceptors (Lipinski definition) is 4. The van der Waals surface area contributed by atoms with Crippen molar-refractivity contribution in [1.29, 1.82) is 0 Å². The highest BCUT2D eigenvalue weighted by Crippen LogP contribution is 2.18. The number of nitrogens with one attached hydrogen (secondary N) is 2. The van der Waals surface area contributed by atoms with Gasteiger partial charge in [0.2, 0.25) is 0 Å². The Bertz CT molecular complexity index is 500. The molecular formula is C16H28N4OS. The largest absolute Gasteiger partial charge is 0.338 e. The maximum atomic E-state index is 11.9. The number of aromatic nitrogens is 1. The number of urea groups is 1. The third-order valence-corrected chi connectivity index (χ3v) is 5.25. The van der Waals surface area contributed by atoms with Crippen LogP contribution in [0, 0.1) is 6.92 Å². The van der Waals surface area contributed by atoms with Crippen LogP contribution >= 0.6 is 11.3 Å². The first kappa shape index (κ1) is 17.2. The molecule has 1 fully saturated rings. The summed E-state index contributed by atoms with van der Waals surface area (Å²) in [4.78, 5) is 20.2. The second-order valence-corrected chi connectivity index (χ2v) is 7.48. The Morgan fingerprint density at radius 2 is 2.27 bits per heavy atom. The Morgan fingerprint density at radius 1 is 1.50 bits per heavy atom. The molecule has 1 aliphatic rings. The first-order valence-corrected chi connectivity index (χ1v) is 9.04. The molecule has 1 saturated heterocycles. The summed E-state index contributed by atoms with van der Waals surface area (Å²) in [5, 5.41) is 7.13. The molecular weight excluding hydrogens is 296 g/mol. The van der Waals surface area contributed by atoms with E-state index in [0.29, 0.717) is 12.6 Å². The summed E-state index contributed by atoms with van der Waals surface area (Å²) >= 11 is 1.74. The minimum Gasteiger partial charge on any atom is -0.338 e. The van der Waals surface area contributed by atoms with Gasteiger partial charge in [0.25, 0.3) is 0 Å². The molecule has 0 bridgehead atoms. The summed E-state index contributed by atoms with van der Waals surface area (Å²) in [5.74, 6) is 0. The third kappa shape index (κ3) is 4.68. The van der Waals surface area contributed by atoms with Crippen molar-refractivity contribution < 1.29 is 4.79 Å². The van der Waals surface area contributed by atoms with Crippen LogP contribution in [-0.2, 0) is 12.8 Å². The average molecular weight is 324 g/mol. The van der Waals surface area contributed by atoms with Gasteiger partial charge in [-0.3, -0.25) is 4.90 Å². The van der Waals surface area contributed by atoms with Crippen LogP contribution in [0.2, 0.25) is 0 Å². The van der Waals surface area contributed by atoms with Crippen LogP contribution < -0.4 is 10.6 Å². The van der Waals surface area contributed by atoms with E-state index in [4.69, 9.17) is 0 Å². The van der Waals surface area contributed by atoms with Crippen LogP contribution in [0.25, 0.3) is 0 Å². The Kier molecular flexibility index (Phi) is 6.20. The zero-order valence-corrected chi connectivity index (χ0v) is 14.9. The molecule has 5 nitrogen and oxygen atoms in total. The standard InChI is InChI=1S/C16H28N4OS/c1-5-14-12(4)22-15(19-14)6-8-17-16(21)18-13-7-9-20(10-13)11(2)3/h11,13H,5-10H2,1-4H3,(H2,17,18,21). The maximum Gasteiger partial charge on any atom is 0.315 e. The monoisotopic (exact) mass is 324 g/mol. The van der Waals surface area contributed by atoms with Crippen LogP contribution in [0.4, 0.5) is 4.79 Å². The molecule has 22 heavy (non-hydrogen) atoms. The van der Waals surface area contributed by atoms with Crippen molar-refractivity contribution in [2.75, 3.05) is 19.6 Å². The van der Waals surface area contributed by atoms with Gasteiger partial charge in [0, 0.05) is 43.0 Å². The normalized spacial score (nSPS) is 18.9. The van der Waals surface area contributed by atoms with Crippen LogP contribution in [0.3, 0.4) is 0 Å². The molecule has 0 aliphatic carbocycles. The van der Waals surface area contributed by atoms with Crippen molar-refractivity contribution in [2.45, 2.75) is 59.0 Å². The average Bonchev–Trinajstić information content (AvgIpc) is 3.05. The van der Waals surface area contributed by atoms with Gasteiger partial charge in [-0.15, -0.1) is 11.3 Å². The van der Waals surface area contributed by atoms with Gasteiger partial charge in [-0.1, -0.05) is 6.92 Å². The Balaban J connectivity index is 1.67. The Hall–Kier alpha value is -1.14. The summed E-state index contributed by atoms with van der Waals surface area (Å²) in [5.41, 5.74) is 1.18.